The highest BCUT2D eigenvalue weighted by atomic mass is 31.2. The Morgan fingerprint density at radius 1 is 1.08 bits per heavy atom. The molecule has 124 valence electrons. The maximum Gasteiger partial charge on any atom is 0.337 e. The Morgan fingerprint density at radius 2 is 1.83 bits per heavy atom. The van der Waals surface area contributed by atoms with Gasteiger partial charge in [-0.3, -0.25) is 9.36 Å². The largest absolute Gasteiger partial charge is 0.361 e. The number of aromatic nitrogens is 1. The fourth-order valence-electron chi connectivity index (χ4n) is 2.64. The van der Waals surface area contributed by atoms with Crippen molar-refractivity contribution >= 4 is 24.3 Å². The third-order valence-electron chi connectivity index (χ3n) is 3.98. The Labute approximate surface area is 140 Å². The number of nitrogens with one attached hydrogen (secondary N) is 1. The van der Waals surface area contributed by atoms with Crippen LogP contribution in [0.15, 0.2) is 54.7 Å². The Hall–Kier alpha value is -2.20. The van der Waals surface area contributed by atoms with Crippen LogP contribution in [0.4, 0.5) is 0 Å². The van der Waals surface area contributed by atoms with Crippen molar-refractivity contribution in [2.45, 2.75) is 0 Å². The van der Waals surface area contributed by atoms with E-state index in [2.05, 4.69) is 4.98 Å². The van der Waals surface area contributed by atoms with Gasteiger partial charge >= 0.3 is 7.60 Å². The number of rotatable bonds is 6. The summed E-state index contributed by atoms with van der Waals surface area (Å²) in [5, 5.41) is 1.08. The highest BCUT2D eigenvalue weighted by molar-refractivity contribution is 7.54. The highest BCUT2D eigenvalue weighted by Gasteiger charge is 2.26. The second-order valence-electron chi connectivity index (χ2n) is 5.39. The van der Waals surface area contributed by atoms with Crippen molar-refractivity contribution in [3.63, 3.8) is 0 Å². The van der Waals surface area contributed by atoms with Gasteiger partial charge in [0.1, 0.15) is 6.16 Å². The van der Waals surface area contributed by atoms with E-state index in [4.69, 9.17) is 9.05 Å². The first-order valence-electron chi connectivity index (χ1n) is 7.46. The third-order valence-corrected chi connectivity index (χ3v) is 5.77. The molecule has 0 fully saturated rings. The van der Waals surface area contributed by atoms with Gasteiger partial charge in [0.15, 0.2) is 5.78 Å². The molecule has 2 aromatic carbocycles. The number of hydrogen-bond acceptors (Lipinski definition) is 4. The molecule has 1 heterocycles. The van der Waals surface area contributed by atoms with Gasteiger partial charge in [-0.15, -0.1) is 0 Å². The lowest BCUT2D eigenvalue weighted by Crippen LogP contribution is -2.08. The molecule has 0 aliphatic carbocycles. The molecule has 3 rings (SSSR count). The standard InChI is InChI=1S/C18H18NO4P/c1-22-24(21,23-2)12-18(20)14-7-5-6-13(10-14)16-11-19-17-9-4-3-8-15(16)17/h3-11,19H,12H2,1-2H3. The molecule has 0 aliphatic rings. The van der Waals surface area contributed by atoms with E-state index in [9.17, 15) is 9.36 Å². The summed E-state index contributed by atoms with van der Waals surface area (Å²) >= 11 is 0. The molecule has 0 atom stereocenters. The number of ketones is 1. The maximum absolute atomic E-state index is 12.4. The lowest BCUT2D eigenvalue weighted by molar-refractivity contribution is 0.101. The molecule has 0 amide bonds. The van der Waals surface area contributed by atoms with Crippen molar-refractivity contribution in [2.24, 2.45) is 0 Å². The first-order chi connectivity index (χ1) is 11.6. The minimum absolute atomic E-state index is 0.274. The lowest BCUT2D eigenvalue weighted by Gasteiger charge is -2.12. The maximum atomic E-state index is 12.4. The number of carbonyl (C=O) groups excluding carboxylic acids is 1. The first kappa shape index (κ1) is 16.7. The summed E-state index contributed by atoms with van der Waals surface area (Å²) in [7, 11) is -0.817. The van der Waals surface area contributed by atoms with Crippen molar-refractivity contribution in [3.8, 4) is 11.1 Å². The van der Waals surface area contributed by atoms with Gasteiger partial charge in [0.25, 0.3) is 0 Å². The molecule has 1 N–H and O–H groups in total. The van der Waals surface area contributed by atoms with Crippen LogP contribution in [0.2, 0.25) is 0 Å². The number of Topliss-reactive ketones (excluding diaryl/α,β-unsaturated/α-hetero) is 1. The van der Waals surface area contributed by atoms with Crippen LogP contribution in [0.3, 0.4) is 0 Å². The molecule has 0 spiro atoms. The fourth-order valence-corrected chi connectivity index (χ4v) is 3.58. The summed E-state index contributed by atoms with van der Waals surface area (Å²) in [6.45, 7) is 0. The molecule has 0 unspecified atom stereocenters. The smallest absolute Gasteiger partial charge is 0.337 e. The number of para-hydroxylation sites is 1. The SMILES string of the molecule is COP(=O)(CC(=O)c1cccc(-c2c[nH]c3ccccc23)c1)OC. The second-order valence-corrected chi connectivity index (χ2v) is 7.65. The molecule has 0 aliphatic heterocycles. The van der Waals surface area contributed by atoms with Gasteiger partial charge < -0.3 is 14.0 Å². The van der Waals surface area contributed by atoms with E-state index in [1.807, 2.05) is 42.6 Å². The van der Waals surface area contributed by atoms with Gasteiger partial charge in [0.05, 0.1) is 0 Å². The van der Waals surface area contributed by atoms with Gasteiger partial charge in [-0.05, 0) is 17.7 Å². The highest BCUT2D eigenvalue weighted by Crippen LogP contribution is 2.46. The van der Waals surface area contributed by atoms with Crippen LogP contribution in [-0.4, -0.2) is 31.1 Å². The topological polar surface area (TPSA) is 68.4 Å². The molecular formula is C18H18NO4P. The minimum atomic E-state index is -3.37. The van der Waals surface area contributed by atoms with E-state index in [0.29, 0.717) is 5.56 Å². The van der Waals surface area contributed by atoms with E-state index >= 15 is 0 Å². The monoisotopic (exact) mass is 343 g/mol. The Bertz CT molecular complexity index is 923. The van der Waals surface area contributed by atoms with Gasteiger partial charge in [0.2, 0.25) is 0 Å². The Balaban J connectivity index is 1.95. The summed E-state index contributed by atoms with van der Waals surface area (Å²) in [5.74, 6) is -0.274. The average molecular weight is 343 g/mol. The molecule has 1 aromatic heterocycles. The second kappa shape index (κ2) is 6.73. The van der Waals surface area contributed by atoms with Gasteiger partial charge in [-0.1, -0.05) is 36.4 Å². The summed E-state index contributed by atoms with van der Waals surface area (Å²) in [5.41, 5.74) is 3.45. The zero-order valence-electron chi connectivity index (χ0n) is 13.5. The molecule has 0 radical (unpaired) electrons. The van der Waals surface area contributed by atoms with Gasteiger partial charge in [-0.2, -0.15) is 0 Å². The van der Waals surface area contributed by atoms with Crippen molar-refractivity contribution in [2.75, 3.05) is 20.4 Å². The van der Waals surface area contributed by atoms with Crippen LogP contribution in [0.25, 0.3) is 22.0 Å². The lowest BCUT2D eigenvalue weighted by atomic mass is 10.0. The number of benzene rings is 2. The van der Waals surface area contributed by atoms with Crippen molar-refractivity contribution in [3.05, 3.63) is 60.3 Å². The molecule has 24 heavy (non-hydrogen) atoms. The van der Waals surface area contributed by atoms with E-state index in [-0.39, 0.29) is 11.9 Å². The molecule has 0 bridgehead atoms. The van der Waals surface area contributed by atoms with Crippen LogP contribution in [0.5, 0.6) is 0 Å². The number of hydrogen-bond donors (Lipinski definition) is 1. The van der Waals surface area contributed by atoms with E-state index in [1.165, 1.54) is 14.2 Å². The van der Waals surface area contributed by atoms with Crippen LogP contribution in [0.1, 0.15) is 10.4 Å². The van der Waals surface area contributed by atoms with Crippen molar-refractivity contribution in [1.82, 2.24) is 4.98 Å². The van der Waals surface area contributed by atoms with Crippen LogP contribution in [-0.2, 0) is 13.6 Å². The molecular weight excluding hydrogens is 325 g/mol. The van der Waals surface area contributed by atoms with E-state index in [0.717, 1.165) is 22.0 Å². The molecule has 0 saturated heterocycles. The summed E-state index contributed by atoms with van der Waals surface area (Å²) in [6, 6.07) is 15.2. The summed E-state index contributed by atoms with van der Waals surface area (Å²) in [4.78, 5) is 15.6. The molecule has 0 saturated carbocycles. The van der Waals surface area contributed by atoms with Crippen LogP contribution < -0.4 is 0 Å². The summed E-state index contributed by atoms with van der Waals surface area (Å²) < 4.78 is 21.8. The predicted octanol–water partition coefficient (Wildman–Crippen LogP) is 4.50. The third kappa shape index (κ3) is 3.20. The Morgan fingerprint density at radius 3 is 2.58 bits per heavy atom. The summed E-state index contributed by atoms with van der Waals surface area (Å²) in [6.07, 6.45) is 1.64. The average Bonchev–Trinajstić information content (AvgIpc) is 3.06. The quantitative estimate of drug-likeness (QED) is 0.528. The number of aromatic amines is 1. The van der Waals surface area contributed by atoms with E-state index < -0.39 is 7.60 Å². The van der Waals surface area contributed by atoms with Crippen LogP contribution in [0, 0.1) is 0 Å². The van der Waals surface area contributed by atoms with Crippen molar-refractivity contribution < 1.29 is 18.4 Å². The van der Waals surface area contributed by atoms with Gasteiger partial charge in [0, 0.05) is 42.4 Å². The minimum Gasteiger partial charge on any atom is -0.361 e. The van der Waals surface area contributed by atoms with E-state index in [1.54, 1.807) is 12.1 Å². The zero-order chi connectivity index (χ0) is 17.2. The molecule has 5 nitrogen and oxygen atoms in total. The zero-order valence-corrected chi connectivity index (χ0v) is 14.4. The normalized spacial score (nSPS) is 11.8. The Kier molecular flexibility index (Phi) is 4.67. The first-order valence-corrected chi connectivity index (χ1v) is 9.19. The number of H-pyrrole nitrogens is 1. The molecule has 6 heteroatoms. The van der Waals surface area contributed by atoms with Crippen LogP contribution >= 0.6 is 7.60 Å². The van der Waals surface area contributed by atoms with Crippen molar-refractivity contribution in [1.29, 1.82) is 0 Å². The number of fused-ring (bicyclic) bond motifs is 1. The fraction of sp³-hybridized carbons (Fsp3) is 0.167. The number of carbonyl (C=O) groups is 1. The molecule has 3 aromatic rings. The van der Waals surface area contributed by atoms with Gasteiger partial charge in [-0.25, -0.2) is 0 Å². The predicted molar refractivity (Wildman–Crippen MR) is 94.6 cm³/mol.